The molecule has 0 radical (unpaired) electrons. The molecule has 5 nitrogen and oxygen atoms in total. The number of rotatable bonds is 5. The minimum Gasteiger partial charge on any atom is -0.386 e. The Labute approximate surface area is 126 Å². The Bertz CT molecular complexity index is 429. The van der Waals surface area contributed by atoms with Gasteiger partial charge < -0.3 is 15.7 Å². The molecule has 5 heteroatoms. The van der Waals surface area contributed by atoms with Crippen LogP contribution in [0.1, 0.15) is 50.7 Å². The van der Waals surface area contributed by atoms with Gasteiger partial charge in [0.05, 0.1) is 12.6 Å². The number of aromatic nitrogens is 1. The van der Waals surface area contributed by atoms with Crippen LogP contribution in [-0.4, -0.2) is 35.2 Å². The van der Waals surface area contributed by atoms with Crippen molar-refractivity contribution < 1.29 is 5.11 Å². The Morgan fingerprint density at radius 2 is 2.05 bits per heavy atom. The van der Waals surface area contributed by atoms with Gasteiger partial charge in [-0.2, -0.15) is 0 Å². The summed E-state index contributed by atoms with van der Waals surface area (Å²) in [4.78, 5) is 8.47. The zero-order valence-electron chi connectivity index (χ0n) is 12.8. The van der Waals surface area contributed by atoms with Gasteiger partial charge in [0.25, 0.3) is 0 Å². The van der Waals surface area contributed by atoms with Gasteiger partial charge in [-0.15, -0.1) is 0 Å². The van der Waals surface area contributed by atoms with Gasteiger partial charge in [0.2, 0.25) is 0 Å². The van der Waals surface area contributed by atoms with Crippen molar-refractivity contribution in [1.29, 1.82) is 0 Å². The smallest absolute Gasteiger partial charge is 0.191 e. The predicted octanol–water partition coefficient (Wildman–Crippen LogP) is 2.00. The largest absolute Gasteiger partial charge is 0.386 e. The quantitative estimate of drug-likeness (QED) is 0.573. The molecule has 0 spiro atoms. The number of nitrogens with zero attached hydrogens (tertiary/aromatic N) is 2. The second-order valence-electron chi connectivity index (χ2n) is 5.50. The van der Waals surface area contributed by atoms with E-state index >= 15 is 0 Å². The summed E-state index contributed by atoms with van der Waals surface area (Å²) in [5.41, 5.74) is 0.849. The van der Waals surface area contributed by atoms with E-state index in [2.05, 4.69) is 27.5 Å². The number of aliphatic hydroxyl groups is 1. The second-order valence-corrected chi connectivity index (χ2v) is 5.50. The van der Waals surface area contributed by atoms with E-state index in [1.54, 1.807) is 12.4 Å². The summed E-state index contributed by atoms with van der Waals surface area (Å²) < 4.78 is 0. The lowest BCUT2D eigenvalue weighted by Crippen LogP contribution is -2.44. The average molecular weight is 290 g/mol. The summed E-state index contributed by atoms with van der Waals surface area (Å²) in [6, 6.07) is 4.15. The van der Waals surface area contributed by atoms with Crippen molar-refractivity contribution in [1.82, 2.24) is 15.6 Å². The monoisotopic (exact) mass is 290 g/mol. The molecule has 1 aliphatic rings. The molecule has 3 N–H and O–H groups in total. The Morgan fingerprint density at radius 3 is 2.71 bits per heavy atom. The van der Waals surface area contributed by atoms with Gasteiger partial charge in [0, 0.05) is 25.0 Å². The highest BCUT2D eigenvalue weighted by molar-refractivity contribution is 5.80. The summed E-state index contributed by atoms with van der Waals surface area (Å²) in [5, 5.41) is 16.9. The predicted molar refractivity (Wildman–Crippen MR) is 85.2 cm³/mol. The Hall–Kier alpha value is -1.62. The summed E-state index contributed by atoms with van der Waals surface area (Å²) in [7, 11) is 0. The van der Waals surface area contributed by atoms with Crippen LogP contribution >= 0.6 is 0 Å². The van der Waals surface area contributed by atoms with Crippen LogP contribution < -0.4 is 10.6 Å². The maximum Gasteiger partial charge on any atom is 0.191 e. The van der Waals surface area contributed by atoms with Crippen molar-refractivity contribution in [3.63, 3.8) is 0 Å². The molecule has 1 heterocycles. The van der Waals surface area contributed by atoms with E-state index < -0.39 is 6.10 Å². The SMILES string of the molecule is CCNC(=NCC(O)c1ccncc1)NC1CCCCC1. The molecule has 0 aliphatic heterocycles. The van der Waals surface area contributed by atoms with Crippen LogP contribution in [0.3, 0.4) is 0 Å². The second kappa shape index (κ2) is 8.62. The number of aliphatic hydroxyl groups excluding tert-OH is 1. The molecule has 0 amide bonds. The Morgan fingerprint density at radius 1 is 1.33 bits per heavy atom. The molecule has 1 fully saturated rings. The van der Waals surface area contributed by atoms with E-state index in [-0.39, 0.29) is 0 Å². The molecule has 0 saturated heterocycles. The Balaban J connectivity index is 1.90. The van der Waals surface area contributed by atoms with Crippen LogP contribution in [0.15, 0.2) is 29.5 Å². The topological polar surface area (TPSA) is 69.5 Å². The maximum atomic E-state index is 10.2. The molecule has 1 saturated carbocycles. The molecular weight excluding hydrogens is 264 g/mol. The minimum absolute atomic E-state index is 0.353. The van der Waals surface area contributed by atoms with E-state index in [1.807, 2.05) is 12.1 Å². The van der Waals surface area contributed by atoms with Crippen molar-refractivity contribution in [3.8, 4) is 0 Å². The van der Waals surface area contributed by atoms with Gasteiger partial charge in [0.1, 0.15) is 0 Å². The number of nitrogens with one attached hydrogen (secondary N) is 2. The molecule has 0 aromatic carbocycles. The van der Waals surface area contributed by atoms with Crippen LogP contribution in [0.25, 0.3) is 0 Å². The summed E-state index contributed by atoms with van der Waals surface area (Å²) in [6.45, 7) is 3.23. The number of hydrogen-bond donors (Lipinski definition) is 3. The fraction of sp³-hybridized carbons (Fsp3) is 0.625. The zero-order valence-corrected chi connectivity index (χ0v) is 12.8. The highest BCUT2D eigenvalue weighted by Gasteiger charge is 2.14. The van der Waals surface area contributed by atoms with Crippen molar-refractivity contribution >= 4 is 5.96 Å². The number of hydrogen-bond acceptors (Lipinski definition) is 3. The summed E-state index contributed by atoms with van der Waals surface area (Å²) in [5.74, 6) is 0.803. The molecule has 0 bridgehead atoms. The lowest BCUT2D eigenvalue weighted by molar-refractivity contribution is 0.187. The molecule has 116 valence electrons. The van der Waals surface area contributed by atoms with E-state index in [0.29, 0.717) is 12.6 Å². The first kappa shape index (κ1) is 15.8. The third kappa shape index (κ3) is 5.34. The van der Waals surface area contributed by atoms with Crippen LogP contribution in [0.4, 0.5) is 0 Å². The minimum atomic E-state index is -0.588. The van der Waals surface area contributed by atoms with Crippen LogP contribution in [0, 0.1) is 0 Å². The lowest BCUT2D eigenvalue weighted by atomic mass is 9.96. The molecule has 1 aliphatic carbocycles. The van der Waals surface area contributed by atoms with E-state index in [9.17, 15) is 5.11 Å². The molecule has 1 unspecified atom stereocenters. The number of pyridine rings is 1. The summed E-state index contributed by atoms with van der Waals surface area (Å²) >= 11 is 0. The highest BCUT2D eigenvalue weighted by atomic mass is 16.3. The van der Waals surface area contributed by atoms with Crippen LogP contribution in [-0.2, 0) is 0 Å². The highest BCUT2D eigenvalue weighted by Crippen LogP contribution is 2.17. The third-order valence-electron chi connectivity index (χ3n) is 3.80. The van der Waals surface area contributed by atoms with Gasteiger partial charge >= 0.3 is 0 Å². The first-order valence-electron chi connectivity index (χ1n) is 7.92. The normalized spacial score (nSPS) is 18.3. The standard InChI is InChI=1S/C16H26N4O/c1-2-18-16(20-14-6-4-3-5-7-14)19-12-15(21)13-8-10-17-11-9-13/h8-11,14-15,21H,2-7,12H2,1H3,(H2,18,19,20). The zero-order chi connectivity index (χ0) is 14.9. The first-order valence-corrected chi connectivity index (χ1v) is 7.92. The van der Waals surface area contributed by atoms with Crippen molar-refractivity contribution in [3.05, 3.63) is 30.1 Å². The van der Waals surface area contributed by atoms with Crippen LogP contribution in [0.2, 0.25) is 0 Å². The molecule has 1 aromatic rings. The van der Waals surface area contributed by atoms with Gasteiger partial charge in [-0.05, 0) is 37.5 Å². The molecule has 2 rings (SSSR count). The molecule has 1 aromatic heterocycles. The van der Waals surface area contributed by atoms with Crippen LogP contribution in [0.5, 0.6) is 0 Å². The van der Waals surface area contributed by atoms with Gasteiger partial charge in [-0.1, -0.05) is 19.3 Å². The van der Waals surface area contributed by atoms with Crippen molar-refractivity contribution in [2.45, 2.75) is 51.2 Å². The first-order chi connectivity index (χ1) is 10.3. The third-order valence-corrected chi connectivity index (χ3v) is 3.80. The number of aliphatic imine (C=N–C) groups is 1. The maximum absolute atomic E-state index is 10.2. The number of guanidine groups is 1. The Kier molecular flexibility index (Phi) is 6.47. The summed E-state index contributed by atoms with van der Waals surface area (Å²) in [6.07, 6.45) is 9.12. The molecule has 21 heavy (non-hydrogen) atoms. The van der Waals surface area contributed by atoms with E-state index in [1.165, 1.54) is 32.1 Å². The van der Waals surface area contributed by atoms with Crippen molar-refractivity contribution in [2.24, 2.45) is 4.99 Å². The molecular formula is C16H26N4O. The van der Waals surface area contributed by atoms with E-state index in [0.717, 1.165) is 18.1 Å². The van der Waals surface area contributed by atoms with Gasteiger partial charge in [-0.3, -0.25) is 9.98 Å². The molecule has 1 atom stereocenters. The van der Waals surface area contributed by atoms with Gasteiger partial charge in [0.15, 0.2) is 5.96 Å². The lowest BCUT2D eigenvalue weighted by Gasteiger charge is -2.25. The van der Waals surface area contributed by atoms with Crippen molar-refractivity contribution in [2.75, 3.05) is 13.1 Å². The van der Waals surface area contributed by atoms with E-state index in [4.69, 9.17) is 0 Å². The fourth-order valence-electron chi connectivity index (χ4n) is 2.63. The average Bonchev–Trinajstić information content (AvgIpc) is 2.54. The van der Waals surface area contributed by atoms with Gasteiger partial charge in [-0.25, -0.2) is 0 Å². The fourth-order valence-corrected chi connectivity index (χ4v) is 2.63.